The third kappa shape index (κ3) is 4.97. The molecule has 1 aliphatic rings. The molecule has 0 aromatic heterocycles. The Morgan fingerprint density at radius 3 is 2.48 bits per heavy atom. The van der Waals surface area contributed by atoms with Crippen molar-refractivity contribution in [2.75, 3.05) is 20.0 Å². The zero-order valence-corrected chi connectivity index (χ0v) is 14.5. The molecule has 0 bridgehead atoms. The van der Waals surface area contributed by atoms with Crippen LogP contribution in [0.4, 0.5) is 0 Å². The van der Waals surface area contributed by atoms with E-state index in [1.165, 1.54) is 7.11 Å². The van der Waals surface area contributed by atoms with Gasteiger partial charge in [0.15, 0.2) is 6.29 Å². The van der Waals surface area contributed by atoms with Crippen LogP contribution in [0, 0.1) is 0 Å². The molecule has 3 N–H and O–H groups in total. The minimum absolute atomic E-state index is 0.328. The molecule has 0 radical (unpaired) electrons. The van der Waals surface area contributed by atoms with Crippen LogP contribution in [-0.4, -0.2) is 75.2 Å². The topological polar surface area (TPSA) is 131 Å². The molecule has 1 aromatic carbocycles. The maximum atomic E-state index is 12.4. The number of carbonyl (C=O) groups excluding carboxylic acids is 1. The first kappa shape index (κ1) is 19.8. The molecule has 1 saturated heterocycles. The fourth-order valence-electron chi connectivity index (χ4n) is 2.56. The van der Waals surface area contributed by atoms with Gasteiger partial charge in [0.25, 0.3) is 16.0 Å². The number of ether oxygens (including phenoxy) is 2. The van der Waals surface area contributed by atoms with Crippen molar-refractivity contribution in [1.29, 1.82) is 0 Å². The number of rotatable bonds is 6. The number of benzene rings is 1. The van der Waals surface area contributed by atoms with Crippen molar-refractivity contribution in [2.45, 2.75) is 30.6 Å². The Balaban J connectivity index is 2.29. The number of amides is 1. The van der Waals surface area contributed by atoms with Crippen LogP contribution >= 0.6 is 0 Å². The molecule has 4 unspecified atom stereocenters. The van der Waals surface area contributed by atoms with Gasteiger partial charge in [-0.3, -0.25) is 8.98 Å². The Hall–Kier alpha value is -1.56. The maximum absolute atomic E-state index is 12.4. The van der Waals surface area contributed by atoms with Crippen LogP contribution in [0.5, 0.6) is 0 Å². The van der Waals surface area contributed by atoms with Gasteiger partial charge in [0.1, 0.15) is 24.4 Å². The maximum Gasteiger partial charge on any atom is 0.264 e. The lowest BCUT2D eigenvalue weighted by Gasteiger charge is -2.43. The van der Waals surface area contributed by atoms with Gasteiger partial charge in [0.05, 0.1) is 12.9 Å². The highest BCUT2D eigenvalue weighted by Crippen LogP contribution is 2.25. The fraction of sp³-hybridized carbons (Fsp3) is 0.533. The quantitative estimate of drug-likeness (QED) is 0.532. The summed E-state index contributed by atoms with van der Waals surface area (Å²) in [6.45, 7) is -0.579. The molecule has 10 heteroatoms. The van der Waals surface area contributed by atoms with Gasteiger partial charge in [-0.1, -0.05) is 18.2 Å². The van der Waals surface area contributed by atoms with Crippen LogP contribution in [0.25, 0.3) is 0 Å². The number of carbonyl (C=O) groups is 1. The van der Waals surface area contributed by atoms with E-state index in [1.807, 2.05) is 0 Å². The number of hydrogen-bond donors (Lipinski definition) is 3. The molecule has 140 valence electrons. The van der Waals surface area contributed by atoms with Crippen LogP contribution in [0.1, 0.15) is 10.4 Å². The van der Waals surface area contributed by atoms with Gasteiger partial charge in [-0.15, -0.1) is 0 Å². The molecule has 0 saturated carbocycles. The Morgan fingerprint density at radius 1 is 1.32 bits per heavy atom. The lowest BCUT2D eigenvalue weighted by Crippen LogP contribution is -2.65. The van der Waals surface area contributed by atoms with Crippen LogP contribution in [0.3, 0.4) is 0 Å². The standard InChI is InChI=1S/C15H21NO8S/c1-22-15-11(16-14(19)9-6-4-3-5-7-9)13(24-25(2,20)21)12(18)10(8-17)23-15/h3-7,10-13,15,17-18H,8H2,1-2H3,(H,16,19)/t10?,11?,12?,13-,15?/m0/s1. The molecular formula is C15H21NO8S. The van der Waals surface area contributed by atoms with Crippen LogP contribution in [-0.2, 0) is 23.8 Å². The van der Waals surface area contributed by atoms with Gasteiger partial charge in [-0.05, 0) is 12.1 Å². The summed E-state index contributed by atoms with van der Waals surface area (Å²) < 4.78 is 38.5. The Labute approximate surface area is 145 Å². The largest absolute Gasteiger partial charge is 0.394 e. The first-order valence-corrected chi connectivity index (χ1v) is 9.30. The molecule has 9 nitrogen and oxygen atoms in total. The highest BCUT2D eigenvalue weighted by molar-refractivity contribution is 7.86. The highest BCUT2D eigenvalue weighted by Gasteiger charge is 2.48. The van der Waals surface area contributed by atoms with Gasteiger partial charge in [-0.2, -0.15) is 8.42 Å². The summed E-state index contributed by atoms with van der Waals surface area (Å²) in [6.07, 6.45) is -4.31. The number of aliphatic hydroxyl groups is 2. The summed E-state index contributed by atoms with van der Waals surface area (Å²) in [5.74, 6) is -0.520. The van der Waals surface area contributed by atoms with Crippen molar-refractivity contribution < 1.29 is 37.1 Å². The van der Waals surface area contributed by atoms with Crippen molar-refractivity contribution >= 4 is 16.0 Å². The zero-order chi connectivity index (χ0) is 18.6. The van der Waals surface area contributed by atoms with E-state index in [4.69, 9.17) is 13.7 Å². The molecule has 2 rings (SSSR count). The molecule has 1 heterocycles. The number of methoxy groups -OCH3 is 1. The summed E-state index contributed by atoms with van der Waals surface area (Å²) >= 11 is 0. The van der Waals surface area contributed by atoms with Crippen molar-refractivity contribution in [2.24, 2.45) is 0 Å². The molecule has 1 aromatic rings. The number of hydrogen-bond acceptors (Lipinski definition) is 8. The smallest absolute Gasteiger partial charge is 0.264 e. The van der Waals surface area contributed by atoms with Gasteiger partial charge >= 0.3 is 0 Å². The van der Waals surface area contributed by atoms with E-state index in [1.54, 1.807) is 30.3 Å². The second kappa shape index (κ2) is 8.21. The van der Waals surface area contributed by atoms with Gasteiger partial charge in [0.2, 0.25) is 0 Å². The average Bonchev–Trinajstić information content (AvgIpc) is 2.58. The monoisotopic (exact) mass is 375 g/mol. The molecule has 1 amide bonds. The van der Waals surface area contributed by atoms with Crippen molar-refractivity contribution in [3.05, 3.63) is 35.9 Å². The van der Waals surface area contributed by atoms with E-state index in [0.717, 1.165) is 6.26 Å². The number of aliphatic hydroxyl groups excluding tert-OH is 2. The molecule has 1 aliphatic heterocycles. The van der Waals surface area contributed by atoms with Gasteiger partial charge < -0.3 is 25.0 Å². The normalized spacial score (nSPS) is 30.0. The minimum atomic E-state index is -3.96. The zero-order valence-electron chi connectivity index (χ0n) is 13.7. The summed E-state index contributed by atoms with van der Waals surface area (Å²) in [5.41, 5.74) is 0.328. The van der Waals surface area contributed by atoms with Crippen molar-refractivity contribution in [1.82, 2.24) is 5.32 Å². The second-order valence-corrected chi connectivity index (χ2v) is 7.18. The lowest BCUT2D eigenvalue weighted by molar-refractivity contribution is -0.256. The first-order chi connectivity index (χ1) is 11.8. The molecule has 0 aliphatic carbocycles. The van der Waals surface area contributed by atoms with Crippen molar-refractivity contribution in [3.63, 3.8) is 0 Å². The summed E-state index contributed by atoms with van der Waals surface area (Å²) in [7, 11) is -2.67. The SMILES string of the molecule is COC1OC(CO)C(O)[C@@H](OS(C)(=O)=O)C1NC(=O)c1ccccc1. The molecule has 25 heavy (non-hydrogen) atoms. The van der Waals surface area contributed by atoms with E-state index in [9.17, 15) is 23.4 Å². The summed E-state index contributed by atoms with van der Waals surface area (Å²) in [4.78, 5) is 12.4. The van der Waals surface area contributed by atoms with Gasteiger partial charge in [-0.25, -0.2) is 0 Å². The van der Waals surface area contributed by atoms with Gasteiger partial charge in [0, 0.05) is 12.7 Å². The Bertz CT molecular complexity index is 680. The predicted molar refractivity (Wildman–Crippen MR) is 86.2 cm³/mol. The second-order valence-electron chi connectivity index (χ2n) is 5.58. The predicted octanol–water partition coefficient (Wildman–Crippen LogP) is -1.15. The molecule has 5 atom stereocenters. The fourth-order valence-corrected chi connectivity index (χ4v) is 3.20. The van der Waals surface area contributed by atoms with E-state index in [-0.39, 0.29) is 0 Å². The highest BCUT2D eigenvalue weighted by atomic mass is 32.2. The Morgan fingerprint density at radius 2 is 1.96 bits per heavy atom. The molecular weight excluding hydrogens is 354 g/mol. The third-order valence-electron chi connectivity index (χ3n) is 3.71. The minimum Gasteiger partial charge on any atom is -0.394 e. The van der Waals surface area contributed by atoms with Crippen LogP contribution in [0.2, 0.25) is 0 Å². The van der Waals surface area contributed by atoms with E-state index in [2.05, 4.69) is 5.32 Å². The third-order valence-corrected chi connectivity index (χ3v) is 4.28. The lowest BCUT2D eigenvalue weighted by atomic mass is 9.96. The summed E-state index contributed by atoms with van der Waals surface area (Å²) in [5, 5.41) is 22.1. The van der Waals surface area contributed by atoms with E-state index in [0.29, 0.717) is 5.56 Å². The van der Waals surface area contributed by atoms with Crippen molar-refractivity contribution in [3.8, 4) is 0 Å². The Kier molecular flexibility index (Phi) is 6.49. The molecule has 0 spiro atoms. The summed E-state index contributed by atoms with van der Waals surface area (Å²) in [6, 6.07) is 7.09. The van der Waals surface area contributed by atoms with E-state index < -0.39 is 53.3 Å². The number of nitrogens with one attached hydrogen (secondary N) is 1. The van der Waals surface area contributed by atoms with Crippen LogP contribution < -0.4 is 5.32 Å². The van der Waals surface area contributed by atoms with E-state index >= 15 is 0 Å². The van der Waals surface area contributed by atoms with Crippen LogP contribution in [0.15, 0.2) is 30.3 Å². The molecule has 1 fully saturated rings. The average molecular weight is 375 g/mol. The first-order valence-electron chi connectivity index (χ1n) is 7.48.